The van der Waals surface area contributed by atoms with Crippen molar-refractivity contribution < 1.29 is 10.2 Å². The minimum atomic E-state index is -0.0247. The van der Waals surface area contributed by atoms with Gasteiger partial charge in [0.15, 0.2) is 0 Å². The van der Waals surface area contributed by atoms with E-state index in [1.54, 1.807) is 0 Å². The molecular weight excluding hydrogens is 250 g/mol. The molecule has 2 rings (SSSR count). The molecule has 3 nitrogen and oxygen atoms in total. The van der Waals surface area contributed by atoms with Gasteiger partial charge in [-0.25, -0.2) is 0 Å². The highest BCUT2D eigenvalue weighted by Crippen LogP contribution is 2.35. The molecule has 0 aromatic heterocycles. The van der Waals surface area contributed by atoms with Crippen LogP contribution >= 0.6 is 0 Å². The maximum Gasteiger partial charge on any atom is 0.0964 e. The van der Waals surface area contributed by atoms with E-state index in [1.165, 1.54) is 16.7 Å². The molecule has 2 N–H and O–H groups in total. The molecule has 0 bridgehead atoms. The minimum absolute atomic E-state index is 0.0157. The van der Waals surface area contributed by atoms with Gasteiger partial charge in [-0.3, -0.25) is 4.90 Å². The molecule has 1 aromatic rings. The van der Waals surface area contributed by atoms with Crippen molar-refractivity contribution in [2.24, 2.45) is 0 Å². The number of allylic oxidation sites excluding steroid dienone is 1. The van der Waals surface area contributed by atoms with Gasteiger partial charge in [-0.2, -0.15) is 0 Å². The van der Waals surface area contributed by atoms with Crippen molar-refractivity contribution in [1.82, 2.24) is 4.90 Å². The monoisotopic (exact) mass is 277 g/mol. The van der Waals surface area contributed by atoms with Gasteiger partial charge < -0.3 is 10.2 Å². The Hall–Kier alpha value is -1.16. The van der Waals surface area contributed by atoms with Crippen LogP contribution in [0.4, 0.5) is 0 Å². The Labute approximate surface area is 122 Å². The zero-order valence-corrected chi connectivity index (χ0v) is 13.1. The Morgan fingerprint density at radius 1 is 1.35 bits per heavy atom. The lowest BCUT2D eigenvalue weighted by molar-refractivity contribution is 0.00326. The van der Waals surface area contributed by atoms with Crippen molar-refractivity contribution in [2.45, 2.75) is 46.2 Å². The van der Waals surface area contributed by atoms with Crippen molar-refractivity contribution in [3.8, 4) is 0 Å². The van der Waals surface area contributed by atoms with Crippen molar-refractivity contribution >= 4 is 5.57 Å². The summed E-state index contributed by atoms with van der Waals surface area (Å²) >= 11 is 0. The van der Waals surface area contributed by atoms with Crippen LogP contribution in [0.5, 0.6) is 0 Å². The molecule has 0 aliphatic carbocycles. The molecule has 0 amide bonds. The smallest absolute Gasteiger partial charge is 0.0964 e. The van der Waals surface area contributed by atoms with Gasteiger partial charge in [0.1, 0.15) is 0 Å². The summed E-state index contributed by atoms with van der Waals surface area (Å²) in [4.78, 5) is 1.94. The van der Waals surface area contributed by atoms with E-state index >= 15 is 0 Å². The third-order valence-corrected chi connectivity index (χ3v) is 3.90. The molecule has 0 saturated heterocycles. The first kappa shape index (κ1) is 16.9. The van der Waals surface area contributed by atoms with Gasteiger partial charge in [0.25, 0.3) is 0 Å². The number of hydrogen-bond acceptors (Lipinski definition) is 3. The van der Waals surface area contributed by atoms with E-state index in [2.05, 4.69) is 25.6 Å². The molecule has 0 radical (unpaired) electrons. The molecule has 1 aliphatic rings. The van der Waals surface area contributed by atoms with Crippen LogP contribution < -0.4 is 0 Å². The topological polar surface area (TPSA) is 43.7 Å². The number of hydrogen-bond donors (Lipinski definition) is 2. The number of aliphatic hydroxyl groups excluding tert-OH is 2. The first-order chi connectivity index (χ1) is 9.60. The van der Waals surface area contributed by atoms with Crippen LogP contribution in [0.3, 0.4) is 0 Å². The molecular formula is C17H27NO2. The number of aliphatic hydroxyl groups is 2. The molecule has 2 atom stereocenters. The van der Waals surface area contributed by atoms with Gasteiger partial charge in [0.05, 0.1) is 13.3 Å². The molecule has 1 aliphatic heterocycles. The van der Waals surface area contributed by atoms with E-state index in [1.807, 2.05) is 31.7 Å². The Balaban J connectivity index is 0.000000956. The second kappa shape index (κ2) is 7.58. The molecule has 0 unspecified atom stereocenters. The number of rotatable bonds is 3. The van der Waals surface area contributed by atoms with E-state index in [0.717, 1.165) is 12.0 Å². The molecule has 0 spiro atoms. The Morgan fingerprint density at radius 3 is 2.50 bits per heavy atom. The predicted octanol–water partition coefficient (Wildman–Crippen LogP) is 2.98. The number of fused-ring (bicyclic) bond motifs is 1. The van der Waals surface area contributed by atoms with Crippen LogP contribution in [0.25, 0.3) is 5.57 Å². The summed E-state index contributed by atoms with van der Waals surface area (Å²) in [6.07, 6.45) is 0.764. The molecule has 0 saturated carbocycles. The number of nitrogens with zero attached hydrogens (tertiary/aromatic N) is 1. The highest BCUT2D eigenvalue weighted by molar-refractivity contribution is 5.66. The lowest BCUT2D eigenvalue weighted by atomic mass is 9.84. The van der Waals surface area contributed by atoms with Crippen LogP contribution in [0.2, 0.25) is 0 Å². The van der Waals surface area contributed by atoms with Gasteiger partial charge in [-0.15, -0.1) is 0 Å². The second-order valence-electron chi connectivity index (χ2n) is 5.03. The molecule has 1 aromatic carbocycles. The maximum atomic E-state index is 9.49. The third-order valence-electron chi connectivity index (χ3n) is 3.90. The first-order valence-electron chi connectivity index (χ1n) is 7.35. The van der Waals surface area contributed by atoms with E-state index in [9.17, 15) is 10.2 Å². The fraction of sp³-hybridized carbons (Fsp3) is 0.529. The van der Waals surface area contributed by atoms with Crippen LogP contribution in [0.1, 0.15) is 50.4 Å². The maximum absolute atomic E-state index is 9.49. The summed E-state index contributed by atoms with van der Waals surface area (Å²) in [6, 6.07) is 6.32. The standard InChI is InChI=1S/C15H21NO2.C2H6/c1-10(2)13-5-4-6-14-11(3)16(9-18)12(8-17)7-15(13)14;1-2/h4-6,11-12,17-18H,1,7-9H2,2-3H3;1-2H3/t11-,12+;/m0./s1. The van der Waals surface area contributed by atoms with Gasteiger partial charge in [0, 0.05) is 12.1 Å². The third kappa shape index (κ3) is 3.11. The summed E-state index contributed by atoms with van der Waals surface area (Å²) in [5.41, 5.74) is 4.72. The fourth-order valence-electron chi connectivity index (χ4n) is 2.88. The van der Waals surface area contributed by atoms with Crippen LogP contribution in [0, 0.1) is 0 Å². The molecule has 20 heavy (non-hydrogen) atoms. The van der Waals surface area contributed by atoms with E-state index < -0.39 is 0 Å². The zero-order chi connectivity index (χ0) is 15.3. The summed E-state index contributed by atoms with van der Waals surface area (Å²) in [5.74, 6) is 0. The summed E-state index contributed by atoms with van der Waals surface area (Å²) < 4.78 is 0. The SMILES string of the molecule is C=C(C)c1cccc2c1C[C@H](CO)N(CO)[C@H]2C.CC. The lowest BCUT2D eigenvalue weighted by Crippen LogP contribution is -2.45. The van der Waals surface area contributed by atoms with Crippen molar-refractivity contribution in [2.75, 3.05) is 13.3 Å². The van der Waals surface area contributed by atoms with Gasteiger partial charge in [0.2, 0.25) is 0 Å². The van der Waals surface area contributed by atoms with E-state index in [4.69, 9.17) is 0 Å². The highest BCUT2D eigenvalue weighted by atomic mass is 16.3. The minimum Gasteiger partial charge on any atom is -0.395 e. The first-order valence-corrected chi connectivity index (χ1v) is 7.35. The Kier molecular flexibility index (Phi) is 6.40. The Morgan fingerprint density at radius 2 is 2.00 bits per heavy atom. The fourth-order valence-corrected chi connectivity index (χ4v) is 2.88. The lowest BCUT2D eigenvalue weighted by Gasteiger charge is -2.40. The van der Waals surface area contributed by atoms with E-state index in [0.29, 0.717) is 0 Å². The zero-order valence-electron chi connectivity index (χ0n) is 13.1. The van der Waals surface area contributed by atoms with Crippen molar-refractivity contribution in [3.05, 3.63) is 41.5 Å². The summed E-state index contributed by atoms with van der Waals surface area (Å²) in [5, 5.41) is 19.0. The normalized spacial score (nSPS) is 21.7. The largest absolute Gasteiger partial charge is 0.395 e. The van der Waals surface area contributed by atoms with Crippen molar-refractivity contribution in [1.29, 1.82) is 0 Å². The van der Waals surface area contributed by atoms with Gasteiger partial charge in [-0.05, 0) is 37.0 Å². The number of benzene rings is 1. The quantitative estimate of drug-likeness (QED) is 0.892. The molecule has 0 fully saturated rings. The van der Waals surface area contributed by atoms with Crippen LogP contribution in [0.15, 0.2) is 24.8 Å². The molecule has 3 heteroatoms. The van der Waals surface area contributed by atoms with E-state index in [-0.39, 0.29) is 25.4 Å². The van der Waals surface area contributed by atoms with Crippen molar-refractivity contribution in [3.63, 3.8) is 0 Å². The average Bonchev–Trinajstić information content (AvgIpc) is 2.48. The highest BCUT2D eigenvalue weighted by Gasteiger charge is 2.31. The predicted molar refractivity (Wildman–Crippen MR) is 84.4 cm³/mol. The molecule has 1 heterocycles. The second-order valence-corrected chi connectivity index (χ2v) is 5.03. The summed E-state index contributed by atoms with van der Waals surface area (Å²) in [7, 11) is 0. The van der Waals surface area contributed by atoms with Crippen LogP contribution in [-0.4, -0.2) is 34.5 Å². The summed E-state index contributed by atoms with van der Waals surface area (Å²) in [6.45, 7) is 12.1. The van der Waals surface area contributed by atoms with Crippen LogP contribution in [-0.2, 0) is 6.42 Å². The average molecular weight is 277 g/mol. The van der Waals surface area contributed by atoms with Gasteiger partial charge in [-0.1, -0.05) is 44.2 Å². The Bertz CT molecular complexity index is 456. The molecule has 112 valence electrons. The van der Waals surface area contributed by atoms with Gasteiger partial charge >= 0.3 is 0 Å².